The minimum absolute atomic E-state index is 0.0723. The summed E-state index contributed by atoms with van der Waals surface area (Å²) in [7, 11) is 0. The average Bonchev–Trinajstić information content (AvgIpc) is 2.48. The zero-order valence-electron chi connectivity index (χ0n) is 11.8. The number of hydrogen-bond acceptors (Lipinski definition) is 3. The molecule has 1 aliphatic carbocycles. The van der Waals surface area contributed by atoms with E-state index in [2.05, 4.69) is 5.32 Å². The second-order valence-corrected chi connectivity index (χ2v) is 5.64. The molecule has 4 N–H and O–H groups in total. The summed E-state index contributed by atoms with van der Waals surface area (Å²) < 4.78 is 0. The van der Waals surface area contributed by atoms with Crippen LogP contribution in [0.3, 0.4) is 0 Å². The van der Waals surface area contributed by atoms with E-state index in [9.17, 15) is 9.90 Å². The van der Waals surface area contributed by atoms with Gasteiger partial charge in [0.2, 0.25) is 5.91 Å². The second kappa shape index (κ2) is 7.41. The first-order valence-electron chi connectivity index (χ1n) is 7.41. The molecule has 0 radical (unpaired) electrons. The Morgan fingerprint density at radius 3 is 2.70 bits per heavy atom. The van der Waals surface area contributed by atoms with Crippen molar-refractivity contribution in [2.45, 2.75) is 44.2 Å². The van der Waals surface area contributed by atoms with Gasteiger partial charge in [0.15, 0.2) is 0 Å². The molecule has 110 valence electrons. The highest BCUT2D eigenvalue weighted by Crippen LogP contribution is 2.24. The Balaban J connectivity index is 1.87. The quantitative estimate of drug-likeness (QED) is 0.757. The lowest BCUT2D eigenvalue weighted by Crippen LogP contribution is -2.50. The van der Waals surface area contributed by atoms with Gasteiger partial charge in [0.05, 0.1) is 6.04 Å². The maximum atomic E-state index is 12.2. The van der Waals surface area contributed by atoms with Crippen molar-refractivity contribution in [3.8, 4) is 0 Å². The Labute approximate surface area is 120 Å². The Bertz CT molecular complexity index is 422. The van der Waals surface area contributed by atoms with Crippen LogP contribution in [0.25, 0.3) is 0 Å². The summed E-state index contributed by atoms with van der Waals surface area (Å²) >= 11 is 0. The first kappa shape index (κ1) is 15.0. The molecule has 1 aliphatic rings. The van der Waals surface area contributed by atoms with Crippen LogP contribution in [0.15, 0.2) is 30.3 Å². The monoisotopic (exact) mass is 276 g/mol. The van der Waals surface area contributed by atoms with Crippen molar-refractivity contribution in [2.75, 3.05) is 6.61 Å². The number of carbonyl (C=O) groups is 1. The molecular weight excluding hydrogens is 252 g/mol. The van der Waals surface area contributed by atoms with Gasteiger partial charge in [-0.25, -0.2) is 0 Å². The number of carbonyl (C=O) groups excluding carboxylic acids is 1. The zero-order chi connectivity index (χ0) is 14.4. The summed E-state index contributed by atoms with van der Waals surface area (Å²) in [4.78, 5) is 12.2. The van der Waals surface area contributed by atoms with E-state index < -0.39 is 6.04 Å². The Morgan fingerprint density at radius 1 is 1.30 bits per heavy atom. The summed E-state index contributed by atoms with van der Waals surface area (Å²) in [6, 6.07) is 9.34. The fourth-order valence-corrected chi connectivity index (χ4v) is 2.87. The number of nitrogens with two attached hydrogens (primary N) is 1. The number of benzene rings is 1. The lowest BCUT2D eigenvalue weighted by Gasteiger charge is -2.31. The third-order valence-corrected chi connectivity index (χ3v) is 4.11. The molecule has 4 nitrogen and oxygen atoms in total. The van der Waals surface area contributed by atoms with Crippen molar-refractivity contribution < 1.29 is 9.90 Å². The van der Waals surface area contributed by atoms with Crippen molar-refractivity contribution in [3.05, 3.63) is 35.9 Å². The van der Waals surface area contributed by atoms with Gasteiger partial charge in [0, 0.05) is 18.6 Å². The molecule has 2 unspecified atom stereocenters. The number of rotatable bonds is 5. The highest BCUT2D eigenvalue weighted by molar-refractivity contribution is 5.82. The normalized spacial score (nSPS) is 24.1. The fraction of sp³-hybridized carbons (Fsp3) is 0.562. The summed E-state index contributed by atoms with van der Waals surface area (Å²) in [5, 5.41) is 12.4. The van der Waals surface area contributed by atoms with Crippen molar-refractivity contribution in [3.63, 3.8) is 0 Å². The van der Waals surface area contributed by atoms with Crippen LogP contribution in [0.1, 0.15) is 31.2 Å². The summed E-state index contributed by atoms with van der Waals surface area (Å²) in [5.41, 5.74) is 7.05. The van der Waals surface area contributed by atoms with Gasteiger partial charge in [0.25, 0.3) is 0 Å². The molecule has 3 atom stereocenters. The summed E-state index contributed by atoms with van der Waals surface area (Å²) in [5.74, 6) is 0.0656. The molecule has 1 aromatic rings. The highest BCUT2D eigenvalue weighted by Gasteiger charge is 2.27. The van der Waals surface area contributed by atoms with Crippen molar-refractivity contribution in [1.82, 2.24) is 5.32 Å². The molecular formula is C16H24N2O2. The van der Waals surface area contributed by atoms with Gasteiger partial charge in [-0.1, -0.05) is 43.2 Å². The predicted octanol–water partition coefficient (Wildman–Crippen LogP) is 1.22. The van der Waals surface area contributed by atoms with E-state index in [1.165, 1.54) is 0 Å². The van der Waals surface area contributed by atoms with Gasteiger partial charge < -0.3 is 16.2 Å². The van der Waals surface area contributed by atoms with Gasteiger partial charge >= 0.3 is 0 Å². The maximum absolute atomic E-state index is 12.2. The topological polar surface area (TPSA) is 75.4 Å². The second-order valence-electron chi connectivity index (χ2n) is 5.64. The van der Waals surface area contributed by atoms with E-state index in [0.717, 1.165) is 31.2 Å². The summed E-state index contributed by atoms with van der Waals surface area (Å²) in [6.07, 6.45) is 4.70. The van der Waals surface area contributed by atoms with Crippen LogP contribution >= 0.6 is 0 Å². The smallest absolute Gasteiger partial charge is 0.237 e. The molecule has 4 heteroatoms. The lowest BCUT2D eigenvalue weighted by molar-refractivity contribution is -0.123. The SMILES string of the molecule is N[C@H](Cc1ccccc1)C(=O)NC1CCCCC1CO. The first-order chi connectivity index (χ1) is 9.70. The van der Waals surface area contributed by atoms with E-state index in [4.69, 9.17) is 5.73 Å². The van der Waals surface area contributed by atoms with Crippen LogP contribution in [0.5, 0.6) is 0 Å². The highest BCUT2D eigenvalue weighted by atomic mass is 16.3. The number of nitrogens with one attached hydrogen (secondary N) is 1. The Kier molecular flexibility index (Phi) is 5.56. The zero-order valence-corrected chi connectivity index (χ0v) is 11.8. The van der Waals surface area contributed by atoms with Crippen LogP contribution in [-0.4, -0.2) is 29.7 Å². The standard InChI is InChI=1S/C16H24N2O2/c17-14(10-12-6-2-1-3-7-12)16(20)18-15-9-5-4-8-13(15)11-19/h1-3,6-7,13-15,19H,4-5,8-11,17H2,(H,18,20)/t13?,14-,15?/m1/s1. The third-order valence-electron chi connectivity index (χ3n) is 4.11. The molecule has 1 amide bonds. The molecule has 0 aromatic heterocycles. The van der Waals surface area contributed by atoms with E-state index in [0.29, 0.717) is 6.42 Å². The lowest BCUT2D eigenvalue weighted by atomic mass is 9.85. The van der Waals surface area contributed by atoms with E-state index in [-0.39, 0.29) is 24.5 Å². The van der Waals surface area contributed by atoms with Gasteiger partial charge in [-0.2, -0.15) is 0 Å². The number of amides is 1. The summed E-state index contributed by atoms with van der Waals surface area (Å²) in [6.45, 7) is 0.138. The minimum Gasteiger partial charge on any atom is -0.396 e. The average molecular weight is 276 g/mol. The van der Waals surface area contributed by atoms with Crippen LogP contribution in [0.2, 0.25) is 0 Å². The minimum atomic E-state index is -0.529. The van der Waals surface area contributed by atoms with E-state index in [1.807, 2.05) is 30.3 Å². The fourth-order valence-electron chi connectivity index (χ4n) is 2.87. The van der Waals surface area contributed by atoms with Gasteiger partial charge in [0.1, 0.15) is 0 Å². The number of aliphatic hydroxyl groups is 1. The Morgan fingerprint density at radius 2 is 2.00 bits per heavy atom. The molecule has 0 heterocycles. The molecule has 1 saturated carbocycles. The predicted molar refractivity (Wildman–Crippen MR) is 79.1 cm³/mol. The molecule has 1 fully saturated rings. The largest absolute Gasteiger partial charge is 0.396 e. The van der Waals surface area contributed by atoms with E-state index in [1.54, 1.807) is 0 Å². The van der Waals surface area contributed by atoms with Crippen molar-refractivity contribution in [2.24, 2.45) is 11.7 Å². The molecule has 0 aliphatic heterocycles. The van der Waals surface area contributed by atoms with E-state index >= 15 is 0 Å². The maximum Gasteiger partial charge on any atom is 0.237 e. The van der Waals surface area contributed by atoms with Crippen molar-refractivity contribution in [1.29, 1.82) is 0 Å². The molecule has 0 spiro atoms. The molecule has 0 bridgehead atoms. The van der Waals surface area contributed by atoms with Gasteiger partial charge in [-0.15, -0.1) is 0 Å². The van der Waals surface area contributed by atoms with Crippen molar-refractivity contribution >= 4 is 5.91 Å². The van der Waals surface area contributed by atoms with Gasteiger partial charge in [-0.3, -0.25) is 4.79 Å². The third kappa shape index (κ3) is 4.05. The molecule has 1 aromatic carbocycles. The van der Waals surface area contributed by atoms with Crippen LogP contribution in [-0.2, 0) is 11.2 Å². The Hall–Kier alpha value is -1.39. The van der Waals surface area contributed by atoms with Gasteiger partial charge in [-0.05, 0) is 24.8 Å². The molecule has 0 saturated heterocycles. The van der Waals surface area contributed by atoms with Crippen LogP contribution in [0.4, 0.5) is 0 Å². The number of hydrogen-bond donors (Lipinski definition) is 3. The van der Waals surface area contributed by atoms with Crippen LogP contribution < -0.4 is 11.1 Å². The molecule has 20 heavy (non-hydrogen) atoms. The first-order valence-corrected chi connectivity index (χ1v) is 7.41. The molecule has 2 rings (SSSR count). The number of aliphatic hydroxyl groups excluding tert-OH is 1. The van der Waals surface area contributed by atoms with Crippen LogP contribution in [0, 0.1) is 5.92 Å².